The number of aromatic nitrogens is 2. The molecule has 0 saturated carbocycles. The van der Waals surface area contributed by atoms with Gasteiger partial charge in [-0.25, -0.2) is 4.98 Å². The number of hydrogen-bond acceptors (Lipinski definition) is 3. The zero-order valence-corrected chi connectivity index (χ0v) is 12.3. The van der Waals surface area contributed by atoms with Crippen LogP contribution < -0.4 is 5.32 Å². The van der Waals surface area contributed by atoms with Gasteiger partial charge in [0.25, 0.3) is 0 Å². The standard InChI is InChI=1S/C14H28N4/c1-5-17(6-2)9-7-8-15-10-14-11-16-12-18(14)13(3)4/h11-13,15H,5-10H2,1-4H3. The van der Waals surface area contributed by atoms with Gasteiger partial charge in [0.1, 0.15) is 0 Å². The van der Waals surface area contributed by atoms with E-state index in [-0.39, 0.29) is 0 Å². The fraction of sp³-hybridized carbons (Fsp3) is 0.786. The summed E-state index contributed by atoms with van der Waals surface area (Å²) >= 11 is 0. The second kappa shape index (κ2) is 8.27. The highest BCUT2D eigenvalue weighted by Gasteiger charge is 2.04. The molecule has 0 unspecified atom stereocenters. The Morgan fingerprint density at radius 3 is 2.67 bits per heavy atom. The molecule has 0 aliphatic heterocycles. The molecule has 1 aromatic rings. The topological polar surface area (TPSA) is 33.1 Å². The summed E-state index contributed by atoms with van der Waals surface area (Å²) in [7, 11) is 0. The number of imidazole rings is 1. The van der Waals surface area contributed by atoms with E-state index in [9.17, 15) is 0 Å². The van der Waals surface area contributed by atoms with Gasteiger partial charge >= 0.3 is 0 Å². The molecule has 1 aromatic heterocycles. The lowest BCUT2D eigenvalue weighted by Crippen LogP contribution is -2.27. The van der Waals surface area contributed by atoms with Gasteiger partial charge in [-0.2, -0.15) is 0 Å². The van der Waals surface area contributed by atoms with E-state index in [0.717, 1.165) is 26.2 Å². The van der Waals surface area contributed by atoms with Gasteiger partial charge in [0.2, 0.25) is 0 Å². The van der Waals surface area contributed by atoms with Gasteiger partial charge in [0.15, 0.2) is 0 Å². The van der Waals surface area contributed by atoms with Gasteiger partial charge in [-0.1, -0.05) is 13.8 Å². The van der Waals surface area contributed by atoms with Crippen LogP contribution in [0.3, 0.4) is 0 Å². The molecule has 0 aliphatic rings. The van der Waals surface area contributed by atoms with Crippen molar-refractivity contribution in [3.8, 4) is 0 Å². The molecule has 4 nitrogen and oxygen atoms in total. The minimum absolute atomic E-state index is 0.486. The third-order valence-electron chi connectivity index (χ3n) is 3.33. The summed E-state index contributed by atoms with van der Waals surface area (Å²) in [4.78, 5) is 6.67. The molecule has 0 aromatic carbocycles. The number of rotatable bonds is 9. The van der Waals surface area contributed by atoms with Gasteiger partial charge < -0.3 is 14.8 Å². The second-order valence-electron chi connectivity index (χ2n) is 4.94. The van der Waals surface area contributed by atoms with Crippen molar-refractivity contribution in [3.63, 3.8) is 0 Å². The fourth-order valence-corrected chi connectivity index (χ4v) is 2.12. The highest BCUT2D eigenvalue weighted by Crippen LogP contribution is 2.08. The van der Waals surface area contributed by atoms with E-state index in [2.05, 4.69) is 47.5 Å². The molecule has 1 heterocycles. The molecule has 18 heavy (non-hydrogen) atoms. The number of hydrogen-bond donors (Lipinski definition) is 1. The van der Waals surface area contributed by atoms with Crippen molar-refractivity contribution in [3.05, 3.63) is 18.2 Å². The molecule has 0 bridgehead atoms. The Morgan fingerprint density at radius 2 is 2.06 bits per heavy atom. The van der Waals surface area contributed by atoms with Crippen LogP contribution in [0.25, 0.3) is 0 Å². The van der Waals surface area contributed by atoms with Gasteiger partial charge in [0.05, 0.1) is 12.0 Å². The Kier molecular flexibility index (Phi) is 6.98. The molecule has 104 valence electrons. The van der Waals surface area contributed by atoms with Crippen molar-refractivity contribution in [2.45, 2.75) is 46.7 Å². The highest BCUT2D eigenvalue weighted by atomic mass is 15.1. The summed E-state index contributed by atoms with van der Waals surface area (Å²) in [6.45, 7) is 14.3. The van der Waals surface area contributed by atoms with E-state index in [1.54, 1.807) is 0 Å². The summed E-state index contributed by atoms with van der Waals surface area (Å²) in [5.74, 6) is 0. The third-order valence-corrected chi connectivity index (χ3v) is 3.33. The van der Waals surface area contributed by atoms with Crippen LogP contribution in [0.5, 0.6) is 0 Å². The first-order valence-electron chi connectivity index (χ1n) is 7.12. The van der Waals surface area contributed by atoms with Crippen molar-refractivity contribution in [2.75, 3.05) is 26.2 Å². The largest absolute Gasteiger partial charge is 0.331 e. The van der Waals surface area contributed by atoms with Crippen LogP contribution in [-0.2, 0) is 6.54 Å². The van der Waals surface area contributed by atoms with Crippen molar-refractivity contribution < 1.29 is 0 Å². The van der Waals surface area contributed by atoms with E-state index in [1.807, 2.05) is 12.5 Å². The molecule has 1 rings (SSSR count). The Bertz CT molecular complexity index is 315. The maximum Gasteiger partial charge on any atom is 0.0951 e. The molecular formula is C14H28N4. The van der Waals surface area contributed by atoms with Crippen molar-refractivity contribution in [2.24, 2.45) is 0 Å². The van der Waals surface area contributed by atoms with Crippen LogP contribution in [0.1, 0.15) is 45.9 Å². The van der Waals surface area contributed by atoms with Crippen LogP contribution in [0.4, 0.5) is 0 Å². The molecule has 0 fully saturated rings. The van der Waals surface area contributed by atoms with E-state index in [0.29, 0.717) is 6.04 Å². The first kappa shape index (κ1) is 15.2. The maximum absolute atomic E-state index is 4.21. The molecule has 1 N–H and O–H groups in total. The predicted octanol–water partition coefficient (Wildman–Crippen LogP) is 2.29. The minimum atomic E-state index is 0.486. The normalized spacial score (nSPS) is 11.7. The lowest BCUT2D eigenvalue weighted by Gasteiger charge is -2.18. The van der Waals surface area contributed by atoms with Crippen molar-refractivity contribution >= 4 is 0 Å². The molecule has 0 saturated heterocycles. The molecule has 0 spiro atoms. The lowest BCUT2D eigenvalue weighted by atomic mass is 10.3. The van der Waals surface area contributed by atoms with Gasteiger partial charge in [-0.15, -0.1) is 0 Å². The van der Waals surface area contributed by atoms with Crippen LogP contribution >= 0.6 is 0 Å². The lowest BCUT2D eigenvalue weighted by molar-refractivity contribution is 0.297. The monoisotopic (exact) mass is 252 g/mol. The zero-order valence-electron chi connectivity index (χ0n) is 12.3. The van der Waals surface area contributed by atoms with Crippen LogP contribution in [-0.4, -0.2) is 40.6 Å². The average molecular weight is 252 g/mol. The van der Waals surface area contributed by atoms with E-state index >= 15 is 0 Å². The molecule has 0 atom stereocenters. The van der Waals surface area contributed by atoms with E-state index in [4.69, 9.17) is 0 Å². The summed E-state index contributed by atoms with van der Waals surface area (Å²) in [5, 5.41) is 3.50. The molecule has 0 amide bonds. The zero-order chi connectivity index (χ0) is 13.4. The van der Waals surface area contributed by atoms with Crippen LogP contribution in [0.2, 0.25) is 0 Å². The summed E-state index contributed by atoms with van der Waals surface area (Å²) in [5.41, 5.74) is 1.27. The minimum Gasteiger partial charge on any atom is -0.331 e. The molecule has 0 radical (unpaired) electrons. The Hall–Kier alpha value is -0.870. The number of nitrogens with one attached hydrogen (secondary N) is 1. The average Bonchev–Trinajstić information content (AvgIpc) is 2.82. The second-order valence-corrected chi connectivity index (χ2v) is 4.94. The first-order valence-corrected chi connectivity index (χ1v) is 7.12. The van der Waals surface area contributed by atoms with Crippen LogP contribution in [0.15, 0.2) is 12.5 Å². The summed E-state index contributed by atoms with van der Waals surface area (Å²) in [6.07, 6.45) is 5.08. The smallest absolute Gasteiger partial charge is 0.0951 e. The third kappa shape index (κ3) is 4.78. The van der Waals surface area contributed by atoms with E-state index in [1.165, 1.54) is 18.7 Å². The molecular weight excluding hydrogens is 224 g/mol. The fourth-order valence-electron chi connectivity index (χ4n) is 2.12. The van der Waals surface area contributed by atoms with Gasteiger partial charge in [-0.3, -0.25) is 0 Å². The first-order chi connectivity index (χ1) is 8.69. The van der Waals surface area contributed by atoms with Crippen LogP contribution in [0, 0.1) is 0 Å². The Morgan fingerprint density at radius 1 is 1.33 bits per heavy atom. The van der Waals surface area contributed by atoms with Gasteiger partial charge in [0, 0.05) is 18.8 Å². The van der Waals surface area contributed by atoms with E-state index < -0.39 is 0 Å². The summed E-state index contributed by atoms with van der Waals surface area (Å²) in [6, 6.07) is 0.486. The molecule has 0 aliphatic carbocycles. The highest BCUT2D eigenvalue weighted by molar-refractivity contribution is 4.99. The SMILES string of the molecule is CCN(CC)CCCNCc1cncn1C(C)C. The Labute approximate surface area is 111 Å². The maximum atomic E-state index is 4.21. The summed E-state index contributed by atoms with van der Waals surface area (Å²) < 4.78 is 2.22. The number of nitrogens with zero attached hydrogens (tertiary/aromatic N) is 3. The predicted molar refractivity (Wildman–Crippen MR) is 76.7 cm³/mol. The Balaban J connectivity index is 2.20. The van der Waals surface area contributed by atoms with Crippen molar-refractivity contribution in [1.29, 1.82) is 0 Å². The quantitative estimate of drug-likeness (QED) is 0.685. The van der Waals surface area contributed by atoms with Gasteiger partial charge in [-0.05, 0) is 46.4 Å². The molecule has 4 heteroatoms. The van der Waals surface area contributed by atoms with Crippen molar-refractivity contribution in [1.82, 2.24) is 19.8 Å².